The molecule has 0 saturated carbocycles. The van der Waals surface area contributed by atoms with Crippen LogP contribution in [0, 0.1) is 6.92 Å². The van der Waals surface area contributed by atoms with Crippen molar-refractivity contribution in [2.24, 2.45) is 7.05 Å². The molecule has 3 rings (SSSR count). The number of amides is 1. The molecule has 1 N–H and O–H groups in total. The molecule has 0 aliphatic carbocycles. The highest BCUT2D eigenvalue weighted by molar-refractivity contribution is 6.33. The summed E-state index contributed by atoms with van der Waals surface area (Å²) in [6.07, 6.45) is -1.97. The van der Waals surface area contributed by atoms with E-state index in [1.807, 2.05) is 18.5 Å². The highest BCUT2D eigenvalue weighted by Gasteiger charge is 2.32. The van der Waals surface area contributed by atoms with Crippen molar-refractivity contribution in [3.8, 4) is 11.4 Å². The molecule has 2 aromatic heterocycles. The molecule has 2 heterocycles. The van der Waals surface area contributed by atoms with E-state index in [2.05, 4.69) is 15.3 Å². The molecule has 0 aliphatic rings. The summed E-state index contributed by atoms with van der Waals surface area (Å²) in [5.41, 5.74) is 0.937. The number of rotatable bonds is 3. The number of carbonyl (C=O) groups is 1. The van der Waals surface area contributed by atoms with E-state index in [1.165, 1.54) is 0 Å². The third-order valence-corrected chi connectivity index (χ3v) is 4.33. The number of hydrogen-bond acceptors (Lipinski definition) is 3. The first-order valence-electron chi connectivity index (χ1n) is 7.79. The van der Waals surface area contributed by atoms with Gasteiger partial charge < -0.3 is 9.88 Å². The molecule has 1 aromatic carbocycles. The number of carbonyl (C=O) groups excluding carboxylic acids is 1. The van der Waals surface area contributed by atoms with Gasteiger partial charge in [0.25, 0.3) is 5.91 Å². The lowest BCUT2D eigenvalue weighted by molar-refractivity contribution is -0.141. The second-order valence-electron chi connectivity index (χ2n) is 5.86. The average Bonchev–Trinajstić information content (AvgIpc) is 2.95. The highest BCUT2D eigenvalue weighted by Crippen LogP contribution is 2.30. The number of nitrogens with one attached hydrogen (secondary N) is 1. The van der Waals surface area contributed by atoms with Crippen LogP contribution in [0.5, 0.6) is 0 Å². The Hall–Kier alpha value is -2.87. The molecule has 0 fully saturated rings. The van der Waals surface area contributed by atoms with E-state index in [0.29, 0.717) is 22.1 Å². The first kappa shape index (κ1) is 18.9. The molecule has 9 heteroatoms. The lowest BCUT2D eigenvalue weighted by atomic mass is 10.1. The summed E-state index contributed by atoms with van der Waals surface area (Å²) < 4.78 is 39.5. The van der Waals surface area contributed by atoms with Gasteiger partial charge in [-0.15, -0.1) is 0 Å². The van der Waals surface area contributed by atoms with Crippen LogP contribution in [0.4, 0.5) is 18.9 Å². The highest BCUT2D eigenvalue weighted by atomic mass is 35.5. The number of anilines is 1. The van der Waals surface area contributed by atoms with Crippen LogP contribution in [-0.4, -0.2) is 20.4 Å². The van der Waals surface area contributed by atoms with Gasteiger partial charge in [0.15, 0.2) is 0 Å². The molecular formula is C18H14ClF3N4O. The maximum absolute atomic E-state index is 12.6. The summed E-state index contributed by atoms with van der Waals surface area (Å²) in [5, 5.41) is 3.08. The van der Waals surface area contributed by atoms with Crippen LogP contribution in [0.3, 0.4) is 0 Å². The third-order valence-electron chi connectivity index (χ3n) is 4.00. The molecule has 3 aromatic rings. The van der Waals surface area contributed by atoms with E-state index in [1.54, 1.807) is 24.4 Å². The largest absolute Gasteiger partial charge is 0.433 e. The number of nitrogens with zero attached hydrogens (tertiary/aromatic N) is 3. The molecule has 5 nitrogen and oxygen atoms in total. The van der Waals surface area contributed by atoms with Gasteiger partial charge in [-0.25, -0.2) is 4.98 Å². The van der Waals surface area contributed by atoms with Crippen molar-refractivity contribution in [3.63, 3.8) is 0 Å². The molecule has 0 bridgehead atoms. The number of aromatic nitrogens is 3. The van der Waals surface area contributed by atoms with Gasteiger partial charge in [-0.05, 0) is 37.3 Å². The summed E-state index contributed by atoms with van der Waals surface area (Å²) >= 11 is 6.24. The smallest absolute Gasteiger partial charge is 0.331 e. The Balaban J connectivity index is 1.85. The number of benzene rings is 1. The van der Waals surface area contributed by atoms with Gasteiger partial charge in [0.05, 0.1) is 10.6 Å². The topological polar surface area (TPSA) is 59.8 Å². The van der Waals surface area contributed by atoms with Gasteiger partial charge in [0, 0.05) is 36.4 Å². The van der Waals surface area contributed by atoms with E-state index in [0.717, 1.165) is 24.0 Å². The summed E-state index contributed by atoms with van der Waals surface area (Å²) in [6, 6.07) is 6.70. The average molecular weight is 395 g/mol. The van der Waals surface area contributed by atoms with Gasteiger partial charge in [0.2, 0.25) is 0 Å². The molecule has 140 valence electrons. The first-order valence-corrected chi connectivity index (χ1v) is 8.17. The Kier molecular flexibility index (Phi) is 4.93. The fraction of sp³-hybridized carbons (Fsp3) is 0.167. The molecule has 27 heavy (non-hydrogen) atoms. The zero-order valence-electron chi connectivity index (χ0n) is 14.3. The quantitative estimate of drug-likeness (QED) is 0.699. The lowest BCUT2D eigenvalue weighted by Gasteiger charge is -2.10. The van der Waals surface area contributed by atoms with E-state index < -0.39 is 17.8 Å². The second kappa shape index (κ2) is 7.03. The van der Waals surface area contributed by atoms with Crippen LogP contribution in [0.15, 0.2) is 42.7 Å². The zero-order chi connectivity index (χ0) is 19.8. The number of alkyl halides is 3. The van der Waals surface area contributed by atoms with Crippen molar-refractivity contribution in [1.29, 1.82) is 0 Å². The van der Waals surface area contributed by atoms with Crippen LogP contribution in [0.1, 0.15) is 21.7 Å². The number of halogens is 4. The fourth-order valence-corrected chi connectivity index (χ4v) is 2.62. The van der Waals surface area contributed by atoms with Crippen LogP contribution in [0.25, 0.3) is 11.4 Å². The van der Waals surface area contributed by atoms with Gasteiger partial charge >= 0.3 is 6.18 Å². The molecule has 0 saturated heterocycles. The number of hydrogen-bond donors (Lipinski definition) is 1. The van der Waals surface area contributed by atoms with E-state index >= 15 is 0 Å². The summed E-state index contributed by atoms with van der Waals surface area (Å²) in [6.45, 7) is 1.90. The third kappa shape index (κ3) is 3.95. The predicted octanol–water partition coefficient (Wildman–Crippen LogP) is 4.72. The van der Waals surface area contributed by atoms with E-state index in [-0.39, 0.29) is 5.56 Å². The number of aryl methyl sites for hydroxylation is 1. The lowest BCUT2D eigenvalue weighted by Crippen LogP contribution is -2.14. The Morgan fingerprint density at radius 2 is 1.89 bits per heavy atom. The second-order valence-corrected chi connectivity index (χ2v) is 6.27. The van der Waals surface area contributed by atoms with Crippen molar-refractivity contribution in [2.45, 2.75) is 13.1 Å². The molecule has 0 spiro atoms. The Labute approximate surface area is 157 Å². The van der Waals surface area contributed by atoms with E-state index in [4.69, 9.17) is 11.6 Å². The molecule has 0 atom stereocenters. The summed E-state index contributed by atoms with van der Waals surface area (Å²) in [4.78, 5) is 19.9. The Morgan fingerprint density at radius 3 is 2.44 bits per heavy atom. The molecule has 1 amide bonds. The van der Waals surface area contributed by atoms with Crippen molar-refractivity contribution >= 4 is 23.2 Å². The molecule has 0 unspecified atom stereocenters. The predicted molar refractivity (Wildman–Crippen MR) is 95.6 cm³/mol. The maximum Gasteiger partial charge on any atom is 0.433 e. The van der Waals surface area contributed by atoms with Crippen molar-refractivity contribution in [2.75, 3.05) is 5.32 Å². The minimum absolute atomic E-state index is 0.00679. The zero-order valence-corrected chi connectivity index (χ0v) is 15.1. The molecule has 0 aliphatic heterocycles. The van der Waals surface area contributed by atoms with Gasteiger partial charge in [-0.3, -0.25) is 9.78 Å². The normalized spacial score (nSPS) is 11.5. The van der Waals surface area contributed by atoms with Crippen molar-refractivity contribution < 1.29 is 18.0 Å². The van der Waals surface area contributed by atoms with Crippen molar-refractivity contribution in [3.05, 3.63) is 64.7 Å². The minimum Gasteiger partial charge on any atom is -0.331 e. The number of pyridine rings is 1. The van der Waals surface area contributed by atoms with Crippen LogP contribution in [0.2, 0.25) is 5.02 Å². The van der Waals surface area contributed by atoms with Gasteiger partial charge in [-0.2, -0.15) is 13.2 Å². The van der Waals surface area contributed by atoms with Gasteiger partial charge in [0.1, 0.15) is 11.5 Å². The Morgan fingerprint density at radius 1 is 1.15 bits per heavy atom. The summed E-state index contributed by atoms with van der Waals surface area (Å²) in [7, 11) is 1.84. The molecule has 0 radical (unpaired) electrons. The molecular weight excluding hydrogens is 381 g/mol. The van der Waals surface area contributed by atoms with Gasteiger partial charge in [-0.1, -0.05) is 11.6 Å². The van der Waals surface area contributed by atoms with Crippen molar-refractivity contribution in [1.82, 2.24) is 14.5 Å². The monoisotopic (exact) mass is 394 g/mol. The first-order chi connectivity index (χ1) is 12.7. The fourth-order valence-electron chi connectivity index (χ4n) is 2.42. The van der Waals surface area contributed by atoms with E-state index in [9.17, 15) is 18.0 Å². The SMILES string of the molecule is Cc1cnc(-c2cc(NC(=O)c3ccc(C(F)(F)F)nc3)ccc2Cl)n1C. The maximum atomic E-state index is 12.6. The minimum atomic E-state index is -4.56. The standard InChI is InChI=1S/C18H14ClF3N4O/c1-10-8-24-16(26(10)2)13-7-12(4-5-14(13)19)25-17(27)11-3-6-15(23-9-11)18(20,21)22/h3-9H,1-2H3,(H,25,27). The Bertz CT molecular complexity index is 997. The van der Waals surface area contributed by atoms with Crippen LogP contribution < -0.4 is 5.32 Å². The van der Waals surface area contributed by atoms with Crippen LogP contribution >= 0.6 is 11.6 Å². The summed E-state index contributed by atoms with van der Waals surface area (Å²) in [5.74, 6) is 0.0466. The van der Waals surface area contributed by atoms with Crippen LogP contribution in [-0.2, 0) is 13.2 Å². The number of imidazole rings is 1.